The van der Waals surface area contributed by atoms with Crippen molar-refractivity contribution in [2.75, 3.05) is 6.61 Å². The van der Waals surface area contributed by atoms with Crippen LogP contribution in [0.15, 0.2) is 21.7 Å². The van der Waals surface area contributed by atoms with Crippen LogP contribution in [0.5, 0.6) is 0 Å². The highest BCUT2D eigenvalue weighted by Crippen LogP contribution is 2.27. The molecule has 0 radical (unpaired) electrons. The smallest absolute Gasteiger partial charge is 0.195 e. The molecule has 0 fully saturated rings. The summed E-state index contributed by atoms with van der Waals surface area (Å²) < 4.78 is 22.8. The first kappa shape index (κ1) is 10.7. The third-order valence-corrected chi connectivity index (χ3v) is 5.73. The van der Waals surface area contributed by atoms with E-state index in [4.69, 9.17) is 5.11 Å². The third kappa shape index (κ3) is 1.77. The fourth-order valence-corrected chi connectivity index (χ4v) is 3.54. The van der Waals surface area contributed by atoms with Crippen molar-refractivity contribution < 1.29 is 13.5 Å². The van der Waals surface area contributed by atoms with Crippen LogP contribution in [0.1, 0.15) is 13.8 Å². The Bertz CT molecular complexity index is 362. The maximum atomic E-state index is 11.8. The van der Waals surface area contributed by atoms with E-state index in [0.29, 0.717) is 4.21 Å². The van der Waals surface area contributed by atoms with Crippen LogP contribution in [0.2, 0.25) is 0 Å². The van der Waals surface area contributed by atoms with Crippen LogP contribution in [0.4, 0.5) is 0 Å². The summed E-state index contributed by atoms with van der Waals surface area (Å²) in [4.78, 5) is 0. The number of hydrogen-bond donors (Lipinski definition) is 1. The fraction of sp³-hybridized carbons (Fsp3) is 0.500. The molecule has 1 N–H and O–H groups in total. The minimum absolute atomic E-state index is 0.312. The van der Waals surface area contributed by atoms with E-state index in [0.717, 1.165) is 0 Å². The maximum Gasteiger partial charge on any atom is 0.195 e. The first-order chi connectivity index (χ1) is 5.92. The van der Waals surface area contributed by atoms with Crippen LogP contribution in [0, 0.1) is 0 Å². The van der Waals surface area contributed by atoms with Gasteiger partial charge in [-0.25, -0.2) is 8.42 Å². The van der Waals surface area contributed by atoms with Crippen molar-refractivity contribution in [3.63, 3.8) is 0 Å². The summed E-state index contributed by atoms with van der Waals surface area (Å²) in [5.74, 6) is 0. The minimum atomic E-state index is -3.38. The summed E-state index contributed by atoms with van der Waals surface area (Å²) in [6.45, 7) is 2.66. The molecule has 1 rings (SSSR count). The van der Waals surface area contributed by atoms with Gasteiger partial charge in [-0.1, -0.05) is 6.07 Å². The second-order valence-corrected chi connectivity index (χ2v) is 7.11. The van der Waals surface area contributed by atoms with Gasteiger partial charge < -0.3 is 5.11 Å². The third-order valence-electron chi connectivity index (χ3n) is 1.87. The van der Waals surface area contributed by atoms with Crippen LogP contribution < -0.4 is 0 Å². The standard InChI is InChI=1S/C8H12O3S2/c1-8(2,6-9)13(10,11)7-4-3-5-12-7/h3-5,9H,6H2,1-2H3. The lowest BCUT2D eigenvalue weighted by atomic mass is 10.2. The first-order valence-corrected chi connectivity index (χ1v) is 6.17. The lowest BCUT2D eigenvalue weighted by Crippen LogP contribution is -2.35. The Balaban J connectivity index is 3.18. The predicted molar refractivity (Wildman–Crippen MR) is 52.7 cm³/mol. The number of aliphatic hydroxyl groups is 1. The van der Waals surface area contributed by atoms with Crippen LogP contribution in [0.25, 0.3) is 0 Å². The number of rotatable bonds is 3. The molecule has 3 nitrogen and oxygen atoms in total. The second kappa shape index (κ2) is 3.40. The molecule has 1 aromatic rings. The summed E-state index contributed by atoms with van der Waals surface area (Å²) >= 11 is 1.17. The van der Waals surface area contributed by atoms with Gasteiger partial charge in [-0.05, 0) is 25.3 Å². The molecule has 0 aromatic carbocycles. The minimum Gasteiger partial charge on any atom is -0.395 e. The lowest BCUT2D eigenvalue weighted by molar-refractivity contribution is 0.258. The van der Waals surface area contributed by atoms with Crippen LogP contribution in [0.3, 0.4) is 0 Å². The zero-order valence-electron chi connectivity index (χ0n) is 7.52. The van der Waals surface area contributed by atoms with Gasteiger partial charge in [0.25, 0.3) is 0 Å². The highest BCUT2D eigenvalue weighted by molar-refractivity contribution is 7.94. The molecule has 0 aliphatic heterocycles. The molecule has 0 aliphatic rings. The Labute approximate surface area is 82.0 Å². The van der Waals surface area contributed by atoms with Gasteiger partial charge in [0.15, 0.2) is 9.84 Å². The summed E-state index contributed by atoms with van der Waals surface area (Å²) in [6.07, 6.45) is 0. The molecule has 0 atom stereocenters. The van der Waals surface area contributed by atoms with E-state index in [1.165, 1.54) is 25.2 Å². The van der Waals surface area contributed by atoms with Crippen molar-refractivity contribution >= 4 is 21.2 Å². The maximum absolute atomic E-state index is 11.8. The summed E-state index contributed by atoms with van der Waals surface area (Å²) in [6, 6.07) is 3.24. The molecule has 13 heavy (non-hydrogen) atoms. The molecule has 5 heteroatoms. The average Bonchev–Trinajstić information content (AvgIpc) is 2.56. The van der Waals surface area contributed by atoms with Gasteiger partial charge >= 0.3 is 0 Å². The fourth-order valence-electron chi connectivity index (χ4n) is 0.774. The quantitative estimate of drug-likeness (QED) is 0.835. The molecule has 0 saturated heterocycles. The van der Waals surface area contributed by atoms with Crippen LogP contribution >= 0.6 is 11.3 Å². The average molecular weight is 220 g/mol. The van der Waals surface area contributed by atoms with Crippen molar-refractivity contribution in [2.45, 2.75) is 22.8 Å². The largest absolute Gasteiger partial charge is 0.395 e. The SMILES string of the molecule is CC(C)(CO)S(=O)(=O)c1cccs1. The Morgan fingerprint density at radius 2 is 2.15 bits per heavy atom. The molecule has 0 bridgehead atoms. The molecule has 0 unspecified atom stereocenters. The van der Waals surface area contributed by atoms with E-state index < -0.39 is 14.6 Å². The van der Waals surface area contributed by atoms with E-state index in [1.807, 2.05) is 0 Å². The summed E-state index contributed by atoms with van der Waals surface area (Å²) in [7, 11) is -3.38. The zero-order chi connectivity index (χ0) is 10.1. The summed E-state index contributed by atoms with van der Waals surface area (Å²) in [5.41, 5.74) is 0. The summed E-state index contributed by atoms with van der Waals surface area (Å²) in [5, 5.41) is 10.7. The Kier molecular flexibility index (Phi) is 2.79. The number of thiophene rings is 1. The van der Waals surface area contributed by atoms with Gasteiger partial charge in [-0.2, -0.15) is 0 Å². The monoisotopic (exact) mass is 220 g/mol. The van der Waals surface area contributed by atoms with Gasteiger partial charge in [0, 0.05) is 0 Å². The van der Waals surface area contributed by atoms with Crippen molar-refractivity contribution in [1.29, 1.82) is 0 Å². The first-order valence-electron chi connectivity index (χ1n) is 3.81. The molecule has 0 spiro atoms. The predicted octanol–water partition coefficient (Wildman–Crippen LogP) is 1.29. The van der Waals surface area contributed by atoms with Gasteiger partial charge in [0.2, 0.25) is 0 Å². The molecule has 0 amide bonds. The number of aliphatic hydroxyl groups excluding tert-OH is 1. The Morgan fingerprint density at radius 3 is 2.54 bits per heavy atom. The van der Waals surface area contributed by atoms with Gasteiger partial charge in [-0.3, -0.25) is 0 Å². The molecule has 0 aliphatic carbocycles. The van der Waals surface area contributed by atoms with Crippen molar-refractivity contribution in [3.05, 3.63) is 17.5 Å². The van der Waals surface area contributed by atoms with E-state index in [2.05, 4.69) is 0 Å². The van der Waals surface area contributed by atoms with E-state index >= 15 is 0 Å². The zero-order valence-corrected chi connectivity index (χ0v) is 9.15. The van der Waals surface area contributed by atoms with Crippen molar-refractivity contribution in [2.24, 2.45) is 0 Å². The molecular weight excluding hydrogens is 208 g/mol. The molecule has 0 saturated carbocycles. The van der Waals surface area contributed by atoms with Crippen LogP contribution in [-0.2, 0) is 9.84 Å². The Hall–Kier alpha value is -0.390. The van der Waals surface area contributed by atoms with E-state index in [1.54, 1.807) is 17.5 Å². The van der Waals surface area contributed by atoms with E-state index in [9.17, 15) is 8.42 Å². The highest BCUT2D eigenvalue weighted by Gasteiger charge is 2.35. The van der Waals surface area contributed by atoms with E-state index in [-0.39, 0.29) is 6.61 Å². The van der Waals surface area contributed by atoms with Crippen LogP contribution in [-0.4, -0.2) is 24.9 Å². The lowest BCUT2D eigenvalue weighted by Gasteiger charge is -2.20. The molecule has 74 valence electrons. The number of hydrogen-bond acceptors (Lipinski definition) is 4. The number of sulfone groups is 1. The van der Waals surface area contributed by atoms with Gasteiger partial charge in [-0.15, -0.1) is 11.3 Å². The van der Waals surface area contributed by atoms with Crippen molar-refractivity contribution in [3.8, 4) is 0 Å². The highest BCUT2D eigenvalue weighted by atomic mass is 32.2. The van der Waals surface area contributed by atoms with Crippen molar-refractivity contribution in [1.82, 2.24) is 0 Å². The normalized spacial score (nSPS) is 13.2. The molecule has 1 heterocycles. The van der Waals surface area contributed by atoms with Gasteiger partial charge in [0.1, 0.15) is 4.21 Å². The topological polar surface area (TPSA) is 54.4 Å². The molecular formula is C8H12O3S2. The second-order valence-electron chi connectivity index (χ2n) is 3.35. The van der Waals surface area contributed by atoms with Gasteiger partial charge in [0.05, 0.1) is 11.4 Å². The molecule has 1 aromatic heterocycles. The Morgan fingerprint density at radius 1 is 1.54 bits per heavy atom.